The minimum absolute atomic E-state index is 0.282. The van der Waals surface area contributed by atoms with Crippen LogP contribution < -0.4 is 10.6 Å². The van der Waals surface area contributed by atoms with Gasteiger partial charge in [-0.25, -0.2) is 8.42 Å². The molecule has 2 unspecified atom stereocenters. The van der Waals surface area contributed by atoms with Crippen molar-refractivity contribution in [3.63, 3.8) is 0 Å². The molecular formula is C15H24N2O2S. The maximum atomic E-state index is 11.5. The third-order valence-electron chi connectivity index (χ3n) is 4.26. The Morgan fingerprint density at radius 2 is 2.00 bits per heavy atom. The Hall–Kier alpha value is -1.23. The van der Waals surface area contributed by atoms with Crippen molar-refractivity contribution in [1.29, 1.82) is 0 Å². The van der Waals surface area contributed by atoms with E-state index in [1.165, 1.54) is 31.9 Å². The lowest BCUT2D eigenvalue weighted by Gasteiger charge is -2.36. The molecule has 1 aromatic rings. The van der Waals surface area contributed by atoms with Crippen LogP contribution in [0.15, 0.2) is 23.1 Å². The van der Waals surface area contributed by atoms with Crippen LogP contribution in [-0.2, 0) is 9.84 Å². The lowest BCUT2D eigenvalue weighted by molar-refractivity contribution is 0.336. The van der Waals surface area contributed by atoms with Crippen LogP contribution in [-0.4, -0.2) is 27.8 Å². The number of hydrogen-bond acceptors (Lipinski definition) is 4. The summed E-state index contributed by atoms with van der Waals surface area (Å²) in [6.07, 6.45) is 6.09. The number of sulfone groups is 1. The van der Waals surface area contributed by atoms with Gasteiger partial charge < -0.3 is 10.6 Å². The van der Waals surface area contributed by atoms with Crippen LogP contribution in [0.4, 0.5) is 11.4 Å². The number of nitrogens with zero attached hydrogens (tertiary/aromatic N) is 1. The summed E-state index contributed by atoms with van der Waals surface area (Å²) in [7, 11) is -1.15. The third kappa shape index (κ3) is 3.26. The topological polar surface area (TPSA) is 63.4 Å². The largest absolute Gasteiger partial charge is 0.397 e. The quantitative estimate of drug-likeness (QED) is 0.871. The molecule has 1 fully saturated rings. The number of nitrogens with two attached hydrogens (primary N) is 1. The van der Waals surface area contributed by atoms with Gasteiger partial charge in [-0.1, -0.05) is 19.8 Å². The van der Waals surface area contributed by atoms with E-state index in [-0.39, 0.29) is 4.90 Å². The zero-order valence-corrected chi connectivity index (χ0v) is 13.3. The van der Waals surface area contributed by atoms with Gasteiger partial charge in [-0.2, -0.15) is 0 Å². The van der Waals surface area contributed by atoms with Crippen LogP contribution in [0.25, 0.3) is 0 Å². The van der Waals surface area contributed by atoms with Gasteiger partial charge in [0.15, 0.2) is 9.84 Å². The molecule has 2 N–H and O–H groups in total. The zero-order chi connectivity index (χ0) is 14.9. The highest BCUT2D eigenvalue weighted by atomic mass is 32.2. The molecule has 20 heavy (non-hydrogen) atoms. The average Bonchev–Trinajstić information content (AvgIpc) is 2.36. The van der Waals surface area contributed by atoms with Gasteiger partial charge in [0.05, 0.1) is 16.3 Å². The molecule has 2 atom stereocenters. The van der Waals surface area contributed by atoms with E-state index in [9.17, 15) is 8.42 Å². The van der Waals surface area contributed by atoms with E-state index in [0.29, 0.717) is 11.7 Å². The first-order chi connectivity index (χ1) is 9.29. The number of benzene rings is 1. The average molecular weight is 296 g/mol. The number of hydrogen-bond donors (Lipinski definition) is 1. The molecule has 0 radical (unpaired) electrons. The molecule has 2 rings (SSSR count). The van der Waals surface area contributed by atoms with E-state index in [1.54, 1.807) is 12.1 Å². The Bertz CT molecular complexity index is 584. The van der Waals surface area contributed by atoms with E-state index >= 15 is 0 Å². The third-order valence-corrected chi connectivity index (χ3v) is 5.37. The van der Waals surface area contributed by atoms with Crippen molar-refractivity contribution in [2.75, 3.05) is 23.9 Å². The number of nitrogen functional groups attached to an aromatic ring is 1. The van der Waals surface area contributed by atoms with E-state index < -0.39 is 9.84 Å². The molecule has 0 spiro atoms. The SMILES string of the molecule is CC1CCCC(N(C)c2ccc(S(C)(=O)=O)cc2N)C1. The van der Waals surface area contributed by atoms with Crippen molar-refractivity contribution in [3.05, 3.63) is 18.2 Å². The van der Waals surface area contributed by atoms with E-state index in [4.69, 9.17) is 5.73 Å². The van der Waals surface area contributed by atoms with Gasteiger partial charge >= 0.3 is 0 Å². The maximum Gasteiger partial charge on any atom is 0.175 e. The second-order valence-electron chi connectivity index (χ2n) is 6.03. The van der Waals surface area contributed by atoms with Crippen LogP contribution >= 0.6 is 0 Å². The molecule has 1 saturated carbocycles. The standard InChI is InChI=1S/C15H24N2O2S/c1-11-5-4-6-12(9-11)17(2)15-8-7-13(10-14(15)16)20(3,18)19/h7-8,10-12H,4-6,9,16H2,1-3H3. The van der Waals surface area contributed by atoms with Crippen LogP contribution in [0, 0.1) is 5.92 Å². The van der Waals surface area contributed by atoms with Gasteiger partial charge in [0.1, 0.15) is 0 Å². The normalized spacial score (nSPS) is 23.6. The fourth-order valence-corrected chi connectivity index (χ4v) is 3.69. The lowest BCUT2D eigenvalue weighted by Crippen LogP contribution is -2.36. The Morgan fingerprint density at radius 3 is 2.55 bits per heavy atom. The van der Waals surface area contributed by atoms with E-state index in [1.807, 2.05) is 6.07 Å². The fraction of sp³-hybridized carbons (Fsp3) is 0.600. The first kappa shape index (κ1) is 15.2. The van der Waals surface area contributed by atoms with Gasteiger partial charge in [-0.15, -0.1) is 0 Å². The molecule has 4 nitrogen and oxygen atoms in total. The van der Waals surface area contributed by atoms with Crippen LogP contribution in [0.5, 0.6) is 0 Å². The van der Waals surface area contributed by atoms with Crippen molar-refractivity contribution in [2.24, 2.45) is 5.92 Å². The highest BCUT2D eigenvalue weighted by Crippen LogP contribution is 2.33. The Morgan fingerprint density at radius 1 is 1.30 bits per heavy atom. The molecule has 0 saturated heterocycles. The van der Waals surface area contributed by atoms with Crippen LogP contribution in [0.2, 0.25) is 0 Å². The predicted octanol–water partition coefficient (Wildman–Crippen LogP) is 2.69. The number of anilines is 2. The number of rotatable bonds is 3. The van der Waals surface area contributed by atoms with Gasteiger partial charge in [0.25, 0.3) is 0 Å². The Labute approximate surface area is 121 Å². The van der Waals surface area contributed by atoms with Gasteiger partial charge in [0, 0.05) is 19.3 Å². The summed E-state index contributed by atoms with van der Waals surface area (Å²) in [6.45, 7) is 2.29. The summed E-state index contributed by atoms with van der Waals surface area (Å²) in [4.78, 5) is 2.49. The predicted molar refractivity (Wildman–Crippen MR) is 83.8 cm³/mol. The molecule has 0 aromatic heterocycles. The van der Waals surface area contributed by atoms with Crippen molar-refractivity contribution in [2.45, 2.75) is 43.5 Å². The zero-order valence-electron chi connectivity index (χ0n) is 12.5. The summed E-state index contributed by atoms with van der Waals surface area (Å²) in [5.41, 5.74) is 7.52. The summed E-state index contributed by atoms with van der Waals surface area (Å²) >= 11 is 0. The van der Waals surface area contributed by atoms with Crippen molar-refractivity contribution in [1.82, 2.24) is 0 Å². The highest BCUT2D eigenvalue weighted by Gasteiger charge is 2.24. The molecule has 1 aromatic carbocycles. The fourth-order valence-electron chi connectivity index (χ4n) is 3.04. The van der Waals surface area contributed by atoms with E-state index in [2.05, 4.69) is 18.9 Å². The summed E-state index contributed by atoms with van der Waals surface area (Å²) < 4.78 is 23.1. The molecule has 0 amide bonds. The highest BCUT2D eigenvalue weighted by molar-refractivity contribution is 7.90. The molecule has 1 aliphatic carbocycles. The first-order valence-electron chi connectivity index (χ1n) is 7.11. The minimum Gasteiger partial charge on any atom is -0.397 e. The molecule has 112 valence electrons. The second kappa shape index (κ2) is 5.64. The van der Waals surface area contributed by atoms with Gasteiger partial charge in [-0.3, -0.25) is 0 Å². The van der Waals surface area contributed by atoms with Crippen LogP contribution in [0.3, 0.4) is 0 Å². The summed E-state index contributed by atoms with van der Waals surface area (Å²) in [5.74, 6) is 0.743. The first-order valence-corrected chi connectivity index (χ1v) is 9.00. The maximum absolute atomic E-state index is 11.5. The summed E-state index contributed by atoms with van der Waals surface area (Å²) in [5, 5.41) is 0. The molecule has 1 aliphatic rings. The second-order valence-corrected chi connectivity index (χ2v) is 8.05. The molecule has 5 heteroatoms. The van der Waals surface area contributed by atoms with Crippen LogP contribution in [0.1, 0.15) is 32.6 Å². The lowest BCUT2D eigenvalue weighted by atomic mass is 9.86. The van der Waals surface area contributed by atoms with Gasteiger partial charge in [0.2, 0.25) is 0 Å². The molecule has 0 aliphatic heterocycles. The van der Waals surface area contributed by atoms with Crippen molar-refractivity contribution < 1.29 is 8.42 Å². The molecule has 0 bridgehead atoms. The van der Waals surface area contributed by atoms with Crippen molar-refractivity contribution in [3.8, 4) is 0 Å². The molecule has 0 heterocycles. The smallest absolute Gasteiger partial charge is 0.175 e. The van der Waals surface area contributed by atoms with Gasteiger partial charge in [-0.05, 0) is 37.0 Å². The van der Waals surface area contributed by atoms with Crippen molar-refractivity contribution >= 4 is 21.2 Å². The van der Waals surface area contributed by atoms with E-state index in [0.717, 1.165) is 11.6 Å². The summed E-state index contributed by atoms with van der Waals surface area (Å²) in [6, 6.07) is 5.52. The minimum atomic E-state index is -3.20. The molecular weight excluding hydrogens is 272 g/mol. The Balaban J connectivity index is 2.24. The Kier molecular flexibility index (Phi) is 4.28. The monoisotopic (exact) mass is 296 g/mol.